The first-order valence-electron chi connectivity index (χ1n) is 9.31. The van der Waals surface area contributed by atoms with Crippen molar-refractivity contribution >= 4 is 21.6 Å². The van der Waals surface area contributed by atoms with Gasteiger partial charge in [-0.25, -0.2) is 13.1 Å². The Kier molecular flexibility index (Phi) is 5.67. The third kappa shape index (κ3) is 4.22. The highest BCUT2D eigenvalue weighted by Crippen LogP contribution is 2.35. The Hall–Kier alpha value is -2.18. The Morgan fingerprint density at radius 3 is 2.56 bits per heavy atom. The molecule has 0 bridgehead atoms. The molecule has 1 aliphatic heterocycles. The third-order valence-electron chi connectivity index (χ3n) is 4.83. The van der Waals surface area contributed by atoms with Gasteiger partial charge in [0.05, 0.1) is 4.90 Å². The van der Waals surface area contributed by atoms with Crippen LogP contribution in [0.3, 0.4) is 0 Å². The van der Waals surface area contributed by atoms with Gasteiger partial charge in [0.15, 0.2) is 0 Å². The first-order valence-corrected chi connectivity index (χ1v) is 10.8. The minimum atomic E-state index is -3.54. The molecule has 27 heavy (non-hydrogen) atoms. The van der Waals surface area contributed by atoms with Gasteiger partial charge < -0.3 is 4.90 Å². The van der Waals surface area contributed by atoms with Crippen molar-refractivity contribution in [3.63, 3.8) is 0 Å². The summed E-state index contributed by atoms with van der Waals surface area (Å²) in [4.78, 5) is 14.9. The van der Waals surface area contributed by atoms with Gasteiger partial charge in [-0.05, 0) is 61.6 Å². The first kappa shape index (κ1) is 19.6. The molecule has 0 radical (unpaired) electrons. The Morgan fingerprint density at radius 2 is 1.89 bits per heavy atom. The summed E-state index contributed by atoms with van der Waals surface area (Å²) in [6.07, 6.45) is 1.43. The molecule has 1 heterocycles. The molecule has 144 valence electrons. The normalized spacial score (nSPS) is 16.6. The summed E-state index contributed by atoms with van der Waals surface area (Å²) in [5, 5.41) is 0. The van der Waals surface area contributed by atoms with Crippen LogP contribution in [0.15, 0.2) is 53.4 Å². The molecule has 0 saturated heterocycles. The average Bonchev–Trinajstić information content (AvgIpc) is 2.96. The molecule has 0 unspecified atom stereocenters. The molecule has 0 aliphatic carbocycles. The number of hydrogen-bond acceptors (Lipinski definition) is 3. The Labute approximate surface area is 161 Å². The topological polar surface area (TPSA) is 66.5 Å². The molecule has 5 nitrogen and oxygen atoms in total. The van der Waals surface area contributed by atoms with Crippen molar-refractivity contribution in [1.82, 2.24) is 4.72 Å². The van der Waals surface area contributed by atoms with Gasteiger partial charge >= 0.3 is 0 Å². The van der Waals surface area contributed by atoms with Gasteiger partial charge in [-0.2, -0.15) is 0 Å². The Bertz CT molecular complexity index is 924. The predicted molar refractivity (Wildman–Crippen MR) is 108 cm³/mol. The van der Waals surface area contributed by atoms with Crippen molar-refractivity contribution in [2.75, 3.05) is 11.4 Å². The van der Waals surface area contributed by atoms with Gasteiger partial charge in [0.2, 0.25) is 10.0 Å². The molecule has 6 heteroatoms. The zero-order chi connectivity index (χ0) is 19.6. The van der Waals surface area contributed by atoms with E-state index in [0.29, 0.717) is 24.4 Å². The van der Waals surface area contributed by atoms with Crippen molar-refractivity contribution in [2.45, 2.75) is 44.6 Å². The lowest BCUT2D eigenvalue weighted by Crippen LogP contribution is -2.35. The lowest BCUT2D eigenvalue weighted by Gasteiger charge is -2.23. The summed E-state index contributed by atoms with van der Waals surface area (Å²) in [6, 6.07) is 14.2. The molecule has 0 saturated carbocycles. The van der Waals surface area contributed by atoms with Crippen LogP contribution >= 0.6 is 0 Å². The highest BCUT2D eigenvalue weighted by molar-refractivity contribution is 7.89. The van der Waals surface area contributed by atoms with Gasteiger partial charge in [-0.3, -0.25) is 4.79 Å². The number of benzene rings is 2. The summed E-state index contributed by atoms with van der Waals surface area (Å²) in [5.74, 6) is 0.374. The van der Waals surface area contributed by atoms with Crippen molar-refractivity contribution in [1.29, 1.82) is 0 Å². The van der Waals surface area contributed by atoms with Crippen LogP contribution in [0.5, 0.6) is 0 Å². The van der Waals surface area contributed by atoms with Crippen LogP contribution in [0.25, 0.3) is 0 Å². The monoisotopic (exact) mass is 386 g/mol. The standard InChI is InChI=1S/C21H26N2O3S/c1-15(2)11-12-22-27(25,26)19-9-10-20-18(14-19)13-16(3)23(20)21(24)17-7-5-4-6-8-17/h4-10,14-16,22H,11-13H2,1-3H3/t16-/m0/s1. The number of nitrogens with zero attached hydrogens (tertiary/aromatic N) is 1. The first-order chi connectivity index (χ1) is 12.8. The number of hydrogen-bond donors (Lipinski definition) is 1. The molecule has 2 aromatic carbocycles. The van der Waals surface area contributed by atoms with E-state index in [-0.39, 0.29) is 16.8 Å². The van der Waals surface area contributed by atoms with E-state index in [0.717, 1.165) is 17.7 Å². The zero-order valence-corrected chi connectivity index (χ0v) is 16.8. The van der Waals surface area contributed by atoms with Gasteiger partial charge in [0.25, 0.3) is 5.91 Å². The lowest BCUT2D eigenvalue weighted by molar-refractivity contribution is 0.0981. The van der Waals surface area contributed by atoms with Crippen LogP contribution in [-0.4, -0.2) is 26.9 Å². The minimum Gasteiger partial charge on any atom is -0.305 e. The predicted octanol–water partition coefficient (Wildman–Crippen LogP) is 3.60. The second kappa shape index (κ2) is 7.82. The summed E-state index contributed by atoms with van der Waals surface area (Å²) in [5.41, 5.74) is 2.31. The van der Waals surface area contributed by atoms with Crippen LogP contribution in [0.4, 0.5) is 5.69 Å². The van der Waals surface area contributed by atoms with E-state index in [1.807, 2.05) is 25.1 Å². The van der Waals surface area contributed by atoms with E-state index in [1.54, 1.807) is 35.2 Å². The fourth-order valence-corrected chi connectivity index (χ4v) is 4.47. The van der Waals surface area contributed by atoms with Crippen LogP contribution in [-0.2, 0) is 16.4 Å². The third-order valence-corrected chi connectivity index (χ3v) is 6.29. The van der Waals surface area contributed by atoms with Crippen LogP contribution in [0.1, 0.15) is 43.1 Å². The maximum absolute atomic E-state index is 12.9. The number of fused-ring (bicyclic) bond motifs is 1. The van der Waals surface area contributed by atoms with Gasteiger partial charge in [0.1, 0.15) is 0 Å². The fourth-order valence-electron chi connectivity index (χ4n) is 3.37. The highest BCUT2D eigenvalue weighted by atomic mass is 32.2. The molecule has 1 aliphatic rings. The van der Waals surface area contributed by atoms with Crippen LogP contribution in [0, 0.1) is 5.92 Å². The van der Waals surface area contributed by atoms with Gasteiger partial charge in [0, 0.05) is 23.8 Å². The number of rotatable bonds is 6. The molecule has 1 N–H and O–H groups in total. The van der Waals surface area contributed by atoms with E-state index in [2.05, 4.69) is 18.6 Å². The summed E-state index contributed by atoms with van der Waals surface area (Å²) < 4.78 is 27.7. The average molecular weight is 387 g/mol. The molecule has 1 atom stereocenters. The lowest BCUT2D eigenvalue weighted by atomic mass is 10.1. The molecular formula is C21H26N2O3S. The van der Waals surface area contributed by atoms with E-state index in [4.69, 9.17) is 0 Å². The zero-order valence-electron chi connectivity index (χ0n) is 16.0. The quantitative estimate of drug-likeness (QED) is 0.825. The number of nitrogens with one attached hydrogen (secondary N) is 1. The van der Waals surface area contributed by atoms with Gasteiger partial charge in [-0.1, -0.05) is 32.0 Å². The molecule has 0 fully saturated rings. The van der Waals surface area contributed by atoms with E-state index >= 15 is 0 Å². The molecule has 2 aromatic rings. The number of carbonyl (C=O) groups is 1. The van der Waals surface area contributed by atoms with Crippen LogP contribution < -0.4 is 9.62 Å². The summed E-state index contributed by atoms with van der Waals surface area (Å²) in [6.45, 7) is 6.52. The molecule has 3 rings (SSSR count). The summed E-state index contributed by atoms with van der Waals surface area (Å²) in [7, 11) is -3.54. The van der Waals surface area contributed by atoms with Crippen molar-refractivity contribution in [3.05, 3.63) is 59.7 Å². The van der Waals surface area contributed by atoms with Crippen molar-refractivity contribution in [3.8, 4) is 0 Å². The smallest absolute Gasteiger partial charge is 0.258 e. The van der Waals surface area contributed by atoms with Crippen molar-refractivity contribution < 1.29 is 13.2 Å². The second-order valence-corrected chi connectivity index (χ2v) is 9.23. The summed E-state index contributed by atoms with van der Waals surface area (Å²) >= 11 is 0. The maximum atomic E-state index is 12.9. The number of sulfonamides is 1. The Morgan fingerprint density at radius 1 is 1.19 bits per heavy atom. The SMILES string of the molecule is CC(C)CCNS(=O)(=O)c1ccc2c(c1)C[C@H](C)N2C(=O)c1ccccc1. The number of carbonyl (C=O) groups excluding carboxylic acids is 1. The fraction of sp³-hybridized carbons (Fsp3) is 0.381. The Balaban J connectivity index is 1.84. The maximum Gasteiger partial charge on any atom is 0.258 e. The van der Waals surface area contributed by atoms with E-state index in [1.165, 1.54) is 0 Å². The molecule has 1 amide bonds. The molecular weight excluding hydrogens is 360 g/mol. The van der Waals surface area contributed by atoms with Crippen molar-refractivity contribution in [2.24, 2.45) is 5.92 Å². The molecule has 0 aromatic heterocycles. The largest absolute Gasteiger partial charge is 0.305 e. The van der Waals surface area contributed by atoms with Crippen LogP contribution in [0.2, 0.25) is 0 Å². The molecule has 0 spiro atoms. The van der Waals surface area contributed by atoms with Gasteiger partial charge in [-0.15, -0.1) is 0 Å². The highest BCUT2D eigenvalue weighted by Gasteiger charge is 2.32. The van der Waals surface area contributed by atoms with E-state index in [9.17, 15) is 13.2 Å². The number of amides is 1. The number of anilines is 1. The minimum absolute atomic E-state index is 0.0143. The second-order valence-electron chi connectivity index (χ2n) is 7.47. The van der Waals surface area contributed by atoms with E-state index < -0.39 is 10.0 Å².